The molecule has 62 heavy (non-hydrogen) atoms. The largest absolute Gasteiger partial charge is 0.397 e. The molecule has 3 aliphatic rings. The molecule has 1 saturated carbocycles. The second-order valence-electron chi connectivity index (χ2n) is 18.4. The lowest BCUT2D eigenvalue weighted by molar-refractivity contribution is -0.255. The van der Waals surface area contributed by atoms with Crippen molar-refractivity contribution in [3.05, 3.63) is 119 Å². The van der Waals surface area contributed by atoms with Gasteiger partial charge in [-0.1, -0.05) is 85.6 Å². The lowest BCUT2D eigenvalue weighted by Crippen LogP contribution is -2.61. The van der Waals surface area contributed by atoms with Crippen molar-refractivity contribution < 1.29 is 29.0 Å². The number of ether oxygens (including phenoxy) is 2. The van der Waals surface area contributed by atoms with Crippen LogP contribution >= 0.6 is 0 Å². The highest BCUT2D eigenvalue weighted by Gasteiger charge is 2.44. The summed E-state index contributed by atoms with van der Waals surface area (Å²) in [5.74, 6) is 0.510. The summed E-state index contributed by atoms with van der Waals surface area (Å²) in [6.07, 6.45) is 8.06. The minimum Gasteiger partial charge on any atom is -0.397 e. The molecular weight excluding hydrogens is 779 g/mol. The molecule has 11 nitrogen and oxygen atoms in total. The second-order valence-corrected chi connectivity index (χ2v) is 18.4. The Hall–Kier alpha value is -5.07. The van der Waals surface area contributed by atoms with Crippen LogP contribution in [0.25, 0.3) is 11.1 Å². The van der Waals surface area contributed by atoms with Gasteiger partial charge < -0.3 is 36.3 Å². The molecule has 4 aromatic rings. The smallest absolute Gasteiger partial charge is 0.237 e. The number of aliphatic hydroxyl groups is 1. The number of rotatable bonds is 15. The highest BCUT2D eigenvalue weighted by molar-refractivity contribution is 5.93. The zero-order valence-electron chi connectivity index (χ0n) is 36.6. The number of anilines is 2. The predicted octanol–water partition coefficient (Wildman–Crippen LogP) is 8.73. The van der Waals surface area contributed by atoms with Crippen LogP contribution in [-0.4, -0.2) is 58.0 Å². The van der Waals surface area contributed by atoms with E-state index in [1.807, 2.05) is 81.4 Å². The van der Waals surface area contributed by atoms with E-state index in [1.165, 1.54) is 19.3 Å². The van der Waals surface area contributed by atoms with Crippen LogP contribution in [0.15, 0.2) is 97.1 Å². The van der Waals surface area contributed by atoms with Crippen molar-refractivity contribution in [2.75, 3.05) is 17.6 Å². The van der Waals surface area contributed by atoms with Crippen LogP contribution in [0.3, 0.4) is 0 Å². The van der Waals surface area contributed by atoms with Crippen molar-refractivity contribution in [2.45, 2.75) is 141 Å². The van der Waals surface area contributed by atoms with Crippen molar-refractivity contribution in [1.82, 2.24) is 15.5 Å². The summed E-state index contributed by atoms with van der Waals surface area (Å²) in [7, 11) is 0. The molecule has 1 aliphatic carbocycles. The Labute approximate surface area is 367 Å². The van der Waals surface area contributed by atoms with Crippen LogP contribution in [0.4, 0.5) is 11.4 Å². The van der Waals surface area contributed by atoms with Gasteiger partial charge in [-0.15, -0.1) is 0 Å². The Balaban J connectivity index is 1.02. The van der Waals surface area contributed by atoms with Crippen molar-refractivity contribution in [3.63, 3.8) is 0 Å². The van der Waals surface area contributed by atoms with Gasteiger partial charge in [0, 0.05) is 49.5 Å². The van der Waals surface area contributed by atoms with Crippen LogP contribution < -0.4 is 21.7 Å². The van der Waals surface area contributed by atoms with Gasteiger partial charge in [0.1, 0.15) is 0 Å². The molecule has 11 heteroatoms. The summed E-state index contributed by atoms with van der Waals surface area (Å²) >= 11 is 0. The molecule has 0 unspecified atom stereocenters. The predicted molar refractivity (Wildman–Crippen MR) is 243 cm³/mol. The topological polar surface area (TPSA) is 155 Å². The Morgan fingerprint density at radius 2 is 1.50 bits per heavy atom. The number of piperidine rings is 1. The zero-order valence-corrected chi connectivity index (χ0v) is 36.6. The van der Waals surface area contributed by atoms with Crippen molar-refractivity contribution in [3.8, 4) is 11.1 Å². The third kappa shape index (κ3) is 12.1. The number of carbonyl (C=O) groups is 3. The summed E-state index contributed by atoms with van der Waals surface area (Å²) < 4.78 is 13.7. The number of hydrogen-bond acceptors (Lipinski definition) is 8. The van der Waals surface area contributed by atoms with Crippen LogP contribution in [0.1, 0.15) is 126 Å². The van der Waals surface area contributed by atoms with Crippen molar-refractivity contribution in [2.24, 2.45) is 5.92 Å². The van der Waals surface area contributed by atoms with E-state index in [4.69, 9.17) is 15.2 Å². The molecule has 3 amide bonds. The third-order valence-corrected chi connectivity index (χ3v) is 12.5. The molecule has 2 saturated heterocycles. The Bertz CT molecular complexity index is 2140. The van der Waals surface area contributed by atoms with E-state index >= 15 is 0 Å². The van der Waals surface area contributed by atoms with Crippen LogP contribution in [0.5, 0.6) is 0 Å². The Morgan fingerprint density at radius 1 is 0.774 bits per heavy atom. The molecule has 330 valence electrons. The SMILES string of the molecule is CC(C)(C)NC(=O)[C@H]1CC[C@H]2CCCC[C@H]2N1C[C@@H]1C[C@H](c2ccc(CO)cc2)O[C@H](c2cccc(-c3cccc(CNC(=O)CCCCC(=O)Nc4ccccc4N)c3)c2)O1. The van der Waals surface area contributed by atoms with E-state index in [1.54, 1.807) is 12.1 Å². The average molecular weight is 844 g/mol. The number of benzene rings is 4. The minimum absolute atomic E-state index is 0.0238. The number of nitrogens with zero attached hydrogens (tertiary/aromatic N) is 1. The number of amides is 3. The van der Waals surface area contributed by atoms with E-state index < -0.39 is 6.29 Å². The van der Waals surface area contributed by atoms with E-state index in [0.717, 1.165) is 52.6 Å². The van der Waals surface area contributed by atoms with Gasteiger partial charge in [0.25, 0.3) is 0 Å². The fourth-order valence-electron chi connectivity index (χ4n) is 9.41. The molecule has 3 fully saturated rings. The van der Waals surface area contributed by atoms with Gasteiger partial charge in [-0.05, 0) is 117 Å². The van der Waals surface area contributed by atoms with Gasteiger partial charge in [0.05, 0.1) is 36.2 Å². The average Bonchev–Trinajstić information content (AvgIpc) is 3.27. The normalized spacial score (nSPS) is 22.9. The van der Waals surface area contributed by atoms with Gasteiger partial charge in [-0.2, -0.15) is 0 Å². The number of para-hydroxylation sites is 2. The molecule has 4 aromatic carbocycles. The fourth-order valence-corrected chi connectivity index (χ4v) is 9.41. The number of hydrogen-bond donors (Lipinski definition) is 5. The fraction of sp³-hybridized carbons (Fsp3) is 0.471. The number of carbonyl (C=O) groups excluding carboxylic acids is 3. The first-order chi connectivity index (χ1) is 29.9. The highest BCUT2D eigenvalue weighted by atomic mass is 16.7. The lowest BCUT2D eigenvalue weighted by atomic mass is 9.75. The molecule has 0 spiro atoms. The summed E-state index contributed by atoms with van der Waals surface area (Å²) in [5, 5.41) is 18.9. The quantitative estimate of drug-likeness (QED) is 0.0588. The van der Waals surface area contributed by atoms with Crippen molar-refractivity contribution in [1.29, 1.82) is 0 Å². The summed E-state index contributed by atoms with van der Waals surface area (Å²) in [5.41, 5.74) is 12.5. The van der Waals surface area contributed by atoms with Gasteiger partial charge in [0.15, 0.2) is 6.29 Å². The maximum absolute atomic E-state index is 13.9. The van der Waals surface area contributed by atoms with Crippen LogP contribution in [0.2, 0.25) is 0 Å². The molecule has 6 atom stereocenters. The molecule has 0 aromatic heterocycles. The number of aliphatic hydroxyl groups excluding tert-OH is 1. The number of fused-ring (bicyclic) bond motifs is 1. The van der Waals surface area contributed by atoms with E-state index in [0.29, 0.717) is 68.5 Å². The zero-order chi connectivity index (χ0) is 43.6. The summed E-state index contributed by atoms with van der Waals surface area (Å²) in [4.78, 5) is 41.5. The molecular formula is C51H65N5O6. The molecule has 0 radical (unpaired) electrons. The number of likely N-dealkylation sites (tertiary alicyclic amines) is 1. The lowest BCUT2D eigenvalue weighted by Gasteiger charge is -2.50. The monoisotopic (exact) mass is 843 g/mol. The maximum Gasteiger partial charge on any atom is 0.237 e. The van der Waals surface area contributed by atoms with Gasteiger partial charge in [-0.25, -0.2) is 0 Å². The second kappa shape index (κ2) is 20.9. The first kappa shape index (κ1) is 45.0. The number of nitrogens with one attached hydrogen (secondary N) is 3. The first-order valence-electron chi connectivity index (χ1n) is 22.6. The third-order valence-electron chi connectivity index (χ3n) is 12.5. The first-order valence-corrected chi connectivity index (χ1v) is 22.6. The molecule has 2 heterocycles. The van der Waals surface area contributed by atoms with E-state index in [-0.39, 0.29) is 48.1 Å². The molecule has 7 rings (SSSR count). The van der Waals surface area contributed by atoms with Gasteiger partial charge in [0.2, 0.25) is 17.7 Å². The number of nitrogens with two attached hydrogens (primary N) is 1. The highest BCUT2D eigenvalue weighted by Crippen LogP contribution is 2.42. The number of unbranched alkanes of at least 4 members (excludes halogenated alkanes) is 1. The Kier molecular flexibility index (Phi) is 15.1. The summed E-state index contributed by atoms with van der Waals surface area (Å²) in [6.45, 7) is 7.14. The van der Waals surface area contributed by atoms with Crippen molar-refractivity contribution >= 4 is 29.1 Å². The van der Waals surface area contributed by atoms with Crippen LogP contribution in [-0.2, 0) is 37.0 Å². The minimum atomic E-state index is -0.643. The maximum atomic E-state index is 13.9. The standard InChI is InChI=1S/C51H65N5O6/c1-51(2,3)55-49(60)45-27-26-36-13-4-7-19-44(36)56(45)32-41-30-46(37-24-22-34(33-57)23-25-37)62-50(61-41)40-16-11-15-39(29-40)38-14-10-12-35(28-38)31-53-47(58)20-8-9-21-48(59)54-43-18-6-5-17-42(43)52/h5-6,10-12,14-18,22-25,28-29,36,41,44-46,50,57H,4,7-9,13,19-21,26-27,30-33,52H2,1-3H3,(H,53,58)(H,54,59)(H,55,60)/t36-,41+,44-,45-,46-,50-/m1/s1. The number of nitrogen functional groups attached to an aromatic ring is 1. The molecule has 6 N–H and O–H groups in total. The Morgan fingerprint density at radius 3 is 2.26 bits per heavy atom. The van der Waals surface area contributed by atoms with Crippen LogP contribution in [0, 0.1) is 5.92 Å². The molecule has 2 aliphatic heterocycles. The van der Waals surface area contributed by atoms with Gasteiger partial charge >= 0.3 is 0 Å². The van der Waals surface area contributed by atoms with E-state index in [2.05, 4.69) is 45.1 Å². The summed E-state index contributed by atoms with van der Waals surface area (Å²) in [6, 6.07) is 31.7. The van der Waals surface area contributed by atoms with E-state index in [9.17, 15) is 19.5 Å². The molecule has 0 bridgehead atoms. The van der Waals surface area contributed by atoms with Gasteiger partial charge in [-0.3, -0.25) is 19.3 Å².